The molecule has 25 heavy (non-hydrogen) atoms. The molecule has 1 aromatic rings. The van der Waals surface area contributed by atoms with Crippen LogP contribution in [0, 0.1) is 0 Å². The van der Waals surface area contributed by atoms with Gasteiger partial charge in [0.25, 0.3) is 0 Å². The second-order valence-electron chi connectivity index (χ2n) is 6.72. The molecule has 1 aliphatic heterocycles. The van der Waals surface area contributed by atoms with Crippen LogP contribution in [0.5, 0.6) is 0 Å². The van der Waals surface area contributed by atoms with Gasteiger partial charge in [-0.2, -0.15) is 0 Å². The molecule has 3 rings (SSSR count). The fourth-order valence-electron chi connectivity index (χ4n) is 3.38. The summed E-state index contributed by atoms with van der Waals surface area (Å²) in [5.74, 6) is -0.163. The quantitative estimate of drug-likeness (QED) is 0.766. The number of sulfonamides is 1. The first kappa shape index (κ1) is 18.4. The van der Waals surface area contributed by atoms with E-state index in [1.54, 1.807) is 12.1 Å². The highest BCUT2D eigenvalue weighted by Gasteiger charge is 2.19. The summed E-state index contributed by atoms with van der Waals surface area (Å²) in [5, 5.41) is 2.79. The molecule has 0 spiro atoms. The van der Waals surface area contributed by atoms with E-state index in [4.69, 9.17) is 4.74 Å². The molecule has 1 heterocycles. The summed E-state index contributed by atoms with van der Waals surface area (Å²) in [6.07, 6.45) is 6.44. The lowest BCUT2D eigenvalue weighted by atomic mass is 9.92. The van der Waals surface area contributed by atoms with Gasteiger partial charge in [0.2, 0.25) is 15.9 Å². The van der Waals surface area contributed by atoms with Crippen LogP contribution in [0.3, 0.4) is 0 Å². The van der Waals surface area contributed by atoms with Crippen molar-refractivity contribution in [3.05, 3.63) is 29.3 Å². The van der Waals surface area contributed by atoms with Crippen LogP contribution in [-0.4, -0.2) is 40.1 Å². The molecule has 1 aromatic carbocycles. The van der Waals surface area contributed by atoms with Crippen molar-refractivity contribution in [1.82, 2.24) is 10.0 Å². The van der Waals surface area contributed by atoms with E-state index >= 15 is 0 Å². The summed E-state index contributed by atoms with van der Waals surface area (Å²) in [6.45, 7) is 1.34. The number of fused-ring (bicyclic) bond motifs is 1. The van der Waals surface area contributed by atoms with E-state index in [9.17, 15) is 13.2 Å². The van der Waals surface area contributed by atoms with Gasteiger partial charge in [-0.3, -0.25) is 4.79 Å². The minimum absolute atomic E-state index is 0.0936. The number of aryl methyl sites for hydroxylation is 2. The number of ether oxygens (including phenoxy) is 1. The number of hydrogen-bond acceptors (Lipinski definition) is 4. The third-order valence-corrected chi connectivity index (χ3v) is 6.28. The van der Waals surface area contributed by atoms with Crippen molar-refractivity contribution in [2.24, 2.45) is 0 Å². The first-order valence-electron chi connectivity index (χ1n) is 9.04. The molecule has 138 valence electrons. The summed E-state index contributed by atoms with van der Waals surface area (Å²) < 4.78 is 32.8. The van der Waals surface area contributed by atoms with Crippen molar-refractivity contribution >= 4 is 15.9 Å². The standard InChI is InChI=1S/C18H26N2O4S/c21-18(19-13-16-6-3-11-24-16)9-10-20-25(22,23)17-8-7-14-4-1-2-5-15(14)12-17/h7-8,12,16,20H,1-6,9-11,13H2,(H,19,21). The molecule has 7 heteroatoms. The molecule has 0 aromatic heterocycles. The summed E-state index contributed by atoms with van der Waals surface area (Å²) >= 11 is 0. The van der Waals surface area contributed by atoms with Crippen LogP contribution in [0.4, 0.5) is 0 Å². The zero-order valence-electron chi connectivity index (χ0n) is 14.4. The van der Waals surface area contributed by atoms with E-state index < -0.39 is 10.0 Å². The number of rotatable bonds is 7. The van der Waals surface area contributed by atoms with E-state index in [1.165, 1.54) is 12.0 Å². The van der Waals surface area contributed by atoms with Crippen molar-refractivity contribution < 1.29 is 17.9 Å². The second kappa shape index (κ2) is 8.29. The Bertz CT molecular complexity index is 712. The minimum Gasteiger partial charge on any atom is -0.376 e. The Kier molecular flexibility index (Phi) is 6.09. The Morgan fingerprint density at radius 1 is 1.16 bits per heavy atom. The van der Waals surface area contributed by atoms with Crippen LogP contribution in [0.25, 0.3) is 0 Å². The highest BCUT2D eigenvalue weighted by atomic mass is 32.2. The maximum absolute atomic E-state index is 12.4. The van der Waals surface area contributed by atoms with E-state index in [2.05, 4.69) is 10.0 Å². The molecule has 6 nitrogen and oxygen atoms in total. The molecule has 1 aliphatic carbocycles. The Balaban J connectivity index is 1.47. The maximum atomic E-state index is 12.4. The van der Waals surface area contributed by atoms with Crippen molar-refractivity contribution in [2.45, 2.75) is 55.9 Å². The Morgan fingerprint density at radius 3 is 2.72 bits per heavy atom. The molecule has 0 radical (unpaired) electrons. The number of hydrogen-bond donors (Lipinski definition) is 2. The van der Waals surface area contributed by atoms with E-state index in [-0.39, 0.29) is 29.9 Å². The molecular formula is C18H26N2O4S. The molecule has 0 bridgehead atoms. The van der Waals surface area contributed by atoms with Crippen LogP contribution >= 0.6 is 0 Å². The molecule has 1 fully saturated rings. The van der Waals surface area contributed by atoms with E-state index in [0.717, 1.165) is 44.3 Å². The van der Waals surface area contributed by atoms with Crippen LogP contribution in [0.15, 0.2) is 23.1 Å². The van der Waals surface area contributed by atoms with Gasteiger partial charge in [-0.25, -0.2) is 13.1 Å². The van der Waals surface area contributed by atoms with Crippen molar-refractivity contribution in [1.29, 1.82) is 0 Å². The van der Waals surface area contributed by atoms with Gasteiger partial charge in [-0.05, 0) is 61.8 Å². The maximum Gasteiger partial charge on any atom is 0.240 e. The van der Waals surface area contributed by atoms with Crippen molar-refractivity contribution in [2.75, 3.05) is 19.7 Å². The molecule has 1 atom stereocenters. The number of amides is 1. The highest BCUT2D eigenvalue weighted by Crippen LogP contribution is 2.24. The lowest BCUT2D eigenvalue weighted by Gasteiger charge is -2.16. The normalized spacial score (nSPS) is 20.2. The van der Waals surface area contributed by atoms with Crippen molar-refractivity contribution in [3.8, 4) is 0 Å². The fraction of sp³-hybridized carbons (Fsp3) is 0.611. The number of benzene rings is 1. The first-order chi connectivity index (χ1) is 12.0. The largest absolute Gasteiger partial charge is 0.376 e. The Labute approximate surface area is 149 Å². The summed E-state index contributed by atoms with van der Waals surface area (Å²) in [5.41, 5.74) is 2.38. The van der Waals surface area contributed by atoms with Gasteiger partial charge in [-0.1, -0.05) is 6.07 Å². The molecule has 0 saturated carbocycles. The second-order valence-corrected chi connectivity index (χ2v) is 8.49. The van der Waals surface area contributed by atoms with Gasteiger partial charge < -0.3 is 10.1 Å². The van der Waals surface area contributed by atoms with Crippen LogP contribution in [0.1, 0.15) is 43.2 Å². The zero-order chi connectivity index (χ0) is 17.7. The Morgan fingerprint density at radius 2 is 1.96 bits per heavy atom. The smallest absolute Gasteiger partial charge is 0.240 e. The highest BCUT2D eigenvalue weighted by molar-refractivity contribution is 7.89. The van der Waals surface area contributed by atoms with Crippen LogP contribution in [0.2, 0.25) is 0 Å². The predicted molar refractivity (Wildman–Crippen MR) is 94.9 cm³/mol. The number of nitrogens with one attached hydrogen (secondary N) is 2. The Hall–Kier alpha value is -1.44. The van der Waals surface area contributed by atoms with Gasteiger partial charge >= 0.3 is 0 Å². The van der Waals surface area contributed by atoms with Gasteiger partial charge in [-0.15, -0.1) is 0 Å². The third-order valence-electron chi connectivity index (χ3n) is 4.83. The molecule has 2 N–H and O–H groups in total. The lowest BCUT2D eigenvalue weighted by Crippen LogP contribution is -2.34. The minimum atomic E-state index is -3.57. The number of carbonyl (C=O) groups is 1. The zero-order valence-corrected chi connectivity index (χ0v) is 15.2. The summed E-state index contributed by atoms with van der Waals surface area (Å²) in [4.78, 5) is 12.1. The monoisotopic (exact) mass is 366 g/mol. The SMILES string of the molecule is O=C(CCNS(=O)(=O)c1ccc2c(c1)CCCC2)NCC1CCCO1. The average molecular weight is 366 g/mol. The average Bonchev–Trinajstić information content (AvgIpc) is 3.13. The molecular weight excluding hydrogens is 340 g/mol. The summed E-state index contributed by atoms with van der Waals surface area (Å²) in [6, 6.07) is 5.34. The third kappa shape index (κ3) is 5.03. The van der Waals surface area contributed by atoms with E-state index in [1.807, 2.05) is 6.07 Å². The fourth-order valence-corrected chi connectivity index (χ4v) is 4.46. The predicted octanol–water partition coefficient (Wildman–Crippen LogP) is 1.53. The first-order valence-corrected chi connectivity index (χ1v) is 10.5. The summed E-state index contributed by atoms with van der Waals surface area (Å²) in [7, 11) is -3.57. The number of carbonyl (C=O) groups excluding carboxylic acids is 1. The molecule has 1 amide bonds. The van der Waals surface area contributed by atoms with Crippen molar-refractivity contribution in [3.63, 3.8) is 0 Å². The van der Waals surface area contributed by atoms with Gasteiger partial charge in [0, 0.05) is 26.1 Å². The lowest BCUT2D eigenvalue weighted by molar-refractivity contribution is -0.121. The molecule has 2 aliphatic rings. The van der Waals surface area contributed by atoms with Gasteiger partial charge in [0.15, 0.2) is 0 Å². The van der Waals surface area contributed by atoms with Crippen LogP contribution < -0.4 is 10.0 Å². The van der Waals surface area contributed by atoms with Gasteiger partial charge in [0.05, 0.1) is 11.0 Å². The molecule has 1 unspecified atom stereocenters. The topological polar surface area (TPSA) is 84.5 Å². The van der Waals surface area contributed by atoms with Gasteiger partial charge in [0.1, 0.15) is 0 Å². The van der Waals surface area contributed by atoms with E-state index in [0.29, 0.717) is 6.54 Å². The van der Waals surface area contributed by atoms with Crippen LogP contribution in [-0.2, 0) is 32.4 Å². The molecule has 1 saturated heterocycles.